The molecule has 3 aliphatic carbocycles. The molecule has 0 radical (unpaired) electrons. The zero-order valence-corrected chi connectivity index (χ0v) is 20.8. The Kier molecular flexibility index (Phi) is 5.53. The van der Waals surface area contributed by atoms with Crippen LogP contribution in [-0.2, 0) is 17.6 Å². The van der Waals surface area contributed by atoms with Gasteiger partial charge in [-0.25, -0.2) is 0 Å². The van der Waals surface area contributed by atoms with Gasteiger partial charge in [-0.1, -0.05) is 37.3 Å². The number of aryl methyl sites for hydroxylation is 1. The van der Waals surface area contributed by atoms with E-state index in [2.05, 4.69) is 66.5 Å². The number of aromatic nitrogens is 1. The molecule has 2 saturated carbocycles. The second kappa shape index (κ2) is 8.61. The van der Waals surface area contributed by atoms with Crippen LogP contribution in [0.1, 0.15) is 67.2 Å². The van der Waals surface area contributed by atoms with Gasteiger partial charge in [-0.2, -0.15) is 5.26 Å². The predicted octanol–water partition coefficient (Wildman–Crippen LogP) is 7.10. The Labute approximate surface area is 209 Å². The minimum Gasteiger partial charge on any atom is -0.377 e. The first-order valence-electron chi connectivity index (χ1n) is 13.1. The van der Waals surface area contributed by atoms with E-state index < -0.39 is 0 Å². The van der Waals surface area contributed by atoms with E-state index in [4.69, 9.17) is 4.74 Å². The summed E-state index contributed by atoms with van der Waals surface area (Å²) < 4.78 is 6.53. The molecule has 178 valence electrons. The molecule has 3 heteroatoms. The summed E-state index contributed by atoms with van der Waals surface area (Å²) in [5.41, 5.74) is 7.63. The lowest BCUT2D eigenvalue weighted by Gasteiger charge is -2.54. The molecule has 3 unspecified atom stereocenters. The summed E-state index contributed by atoms with van der Waals surface area (Å²) in [5.74, 6) is 2.05. The highest BCUT2D eigenvalue weighted by molar-refractivity contribution is 5.63. The smallest absolute Gasteiger partial charge is 0.0991 e. The molecule has 0 N–H and O–H groups in total. The standard InChI is InChI=1S/C32H34N2O/c1-31-15-11-28-27-9-5-23(21-33)19-26(27)8-10-29(28)30(31)12-16-32(31,35-2)20-22-3-6-24(7-4-22)25-13-17-34-18-14-25/h3-7,9,13-14,17-19,28-30H,8,10-12,15-16,20H2,1-2H3/t28?,29?,30?,31-,32+/m0/s1. The number of ether oxygens (including phenoxy) is 1. The van der Waals surface area contributed by atoms with Crippen LogP contribution in [0.5, 0.6) is 0 Å². The van der Waals surface area contributed by atoms with Crippen molar-refractivity contribution in [3.05, 3.63) is 89.2 Å². The summed E-state index contributed by atoms with van der Waals surface area (Å²) >= 11 is 0. The maximum absolute atomic E-state index is 9.34. The minimum absolute atomic E-state index is 0.105. The summed E-state index contributed by atoms with van der Waals surface area (Å²) in [7, 11) is 1.95. The highest BCUT2D eigenvalue weighted by atomic mass is 16.5. The van der Waals surface area contributed by atoms with Crippen molar-refractivity contribution in [2.45, 2.75) is 63.4 Å². The summed E-state index contributed by atoms with van der Waals surface area (Å²) in [6, 6.07) is 22.0. The summed E-state index contributed by atoms with van der Waals surface area (Å²) in [6.45, 7) is 2.53. The third-order valence-corrected chi connectivity index (χ3v) is 9.99. The van der Waals surface area contributed by atoms with Gasteiger partial charge in [-0.15, -0.1) is 0 Å². The van der Waals surface area contributed by atoms with Crippen molar-refractivity contribution in [3.63, 3.8) is 0 Å². The van der Waals surface area contributed by atoms with Gasteiger partial charge < -0.3 is 4.74 Å². The molecule has 3 aliphatic rings. The second-order valence-electron chi connectivity index (χ2n) is 11.2. The van der Waals surface area contributed by atoms with Gasteiger partial charge in [0.15, 0.2) is 0 Å². The Hall–Kier alpha value is -2.96. The quantitative estimate of drug-likeness (QED) is 0.415. The molecule has 6 rings (SSSR count). The highest BCUT2D eigenvalue weighted by Crippen LogP contribution is 2.65. The fourth-order valence-electron chi connectivity index (χ4n) is 8.13. The van der Waals surface area contributed by atoms with Gasteiger partial charge >= 0.3 is 0 Å². The van der Waals surface area contributed by atoms with Crippen molar-refractivity contribution in [2.24, 2.45) is 17.3 Å². The van der Waals surface area contributed by atoms with Crippen LogP contribution in [0.25, 0.3) is 11.1 Å². The Balaban J connectivity index is 1.26. The first-order valence-corrected chi connectivity index (χ1v) is 13.1. The number of rotatable bonds is 4. The highest BCUT2D eigenvalue weighted by Gasteiger charge is 2.62. The van der Waals surface area contributed by atoms with Crippen LogP contribution in [0.4, 0.5) is 0 Å². The number of fused-ring (bicyclic) bond motifs is 5. The van der Waals surface area contributed by atoms with E-state index >= 15 is 0 Å². The Morgan fingerprint density at radius 3 is 2.49 bits per heavy atom. The predicted molar refractivity (Wildman–Crippen MR) is 139 cm³/mol. The van der Waals surface area contributed by atoms with Crippen LogP contribution >= 0.6 is 0 Å². The van der Waals surface area contributed by atoms with Gasteiger partial charge in [-0.3, -0.25) is 4.98 Å². The number of hydrogen-bond donors (Lipinski definition) is 0. The summed E-state index contributed by atoms with van der Waals surface area (Å²) in [6.07, 6.45) is 11.9. The van der Waals surface area contributed by atoms with Crippen molar-refractivity contribution < 1.29 is 4.74 Å². The van der Waals surface area contributed by atoms with Crippen molar-refractivity contribution in [1.29, 1.82) is 5.26 Å². The van der Waals surface area contributed by atoms with Crippen LogP contribution in [0.3, 0.4) is 0 Å². The minimum atomic E-state index is -0.105. The van der Waals surface area contributed by atoms with Crippen molar-refractivity contribution >= 4 is 0 Å². The van der Waals surface area contributed by atoms with E-state index in [1.165, 1.54) is 53.5 Å². The average Bonchev–Trinajstić information content (AvgIpc) is 3.21. The lowest BCUT2D eigenvalue weighted by atomic mass is 9.52. The fourth-order valence-corrected chi connectivity index (χ4v) is 8.13. The second-order valence-corrected chi connectivity index (χ2v) is 11.2. The molecule has 2 aromatic carbocycles. The number of nitriles is 1. The van der Waals surface area contributed by atoms with E-state index in [0.29, 0.717) is 11.8 Å². The number of methoxy groups -OCH3 is 1. The average molecular weight is 463 g/mol. The Bertz CT molecular complexity index is 1260. The first-order chi connectivity index (χ1) is 17.1. The molecule has 1 aromatic heterocycles. The molecule has 0 spiro atoms. The largest absolute Gasteiger partial charge is 0.377 e. The zero-order valence-electron chi connectivity index (χ0n) is 20.8. The van der Waals surface area contributed by atoms with Gasteiger partial charge in [0.25, 0.3) is 0 Å². The number of hydrogen-bond acceptors (Lipinski definition) is 3. The zero-order chi connectivity index (χ0) is 24.0. The molecule has 0 saturated heterocycles. The maximum Gasteiger partial charge on any atom is 0.0991 e. The van der Waals surface area contributed by atoms with Crippen LogP contribution in [0.2, 0.25) is 0 Å². The molecular formula is C32H34N2O. The Morgan fingerprint density at radius 2 is 1.74 bits per heavy atom. The fraction of sp³-hybridized carbons (Fsp3) is 0.438. The molecular weight excluding hydrogens is 428 g/mol. The van der Waals surface area contributed by atoms with E-state index in [-0.39, 0.29) is 11.0 Å². The van der Waals surface area contributed by atoms with E-state index in [0.717, 1.165) is 30.7 Å². The number of nitrogens with zero attached hydrogens (tertiary/aromatic N) is 2. The third-order valence-electron chi connectivity index (χ3n) is 9.99. The van der Waals surface area contributed by atoms with Crippen molar-refractivity contribution in [1.82, 2.24) is 4.98 Å². The third kappa shape index (κ3) is 3.54. The van der Waals surface area contributed by atoms with Gasteiger partial charge in [-0.05, 0) is 108 Å². The number of pyridine rings is 1. The Morgan fingerprint density at radius 1 is 0.971 bits per heavy atom. The topological polar surface area (TPSA) is 45.9 Å². The normalized spacial score (nSPS) is 31.2. The van der Waals surface area contributed by atoms with Gasteiger partial charge in [0.1, 0.15) is 0 Å². The molecule has 3 nitrogen and oxygen atoms in total. The molecule has 5 atom stereocenters. The molecule has 2 fully saturated rings. The van der Waals surface area contributed by atoms with E-state index in [9.17, 15) is 5.26 Å². The van der Waals surface area contributed by atoms with Gasteiger partial charge in [0.2, 0.25) is 0 Å². The molecule has 0 amide bonds. The molecule has 35 heavy (non-hydrogen) atoms. The lowest BCUT2D eigenvalue weighted by molar-refractivity contribution is -0.125. The molecule has 3 aromatic rings. The van der Waals surface area contributed by atoms with Crippen LogP contribution < -0.4 is 0 Å². The summed E-state index contributed by atoms with van der Waals surface area (Å²) in [5, 5.41) is 9.34. The van der Waals surface area contributed by atoms with E-state index in [1.807, 2.05) is 25.6 Å². The number of benzene rings is 2. The van der Waals surface area contributed by atoms with Crippen LogP contribution in [0, 0.1) is 28.6 Å². The monoisotopic (exact) mass is 462 g/mol. The SMILES string of the molecule is CO[C@@]1(Cc2ccc(-c3ccncc3)cc2)CCC2C3CCc4cc(C#N)ccc4C3CC[C@@]21C. The molecule has 0 aliphatic heterocycles. The van der Waals surface area contributed by atoms with E-state index in [1.54, 1.807) is 0 Å². The summed E-state index contributed by atoms with van der Waals surface area (Å²) in [4.78, 5) is 4.14. The van der Waals surface area contributed by atoms with Gasteiger partial charge in [0.05, 0.1) is 17.2 Å². The van der Waals surface area contributed by atoms with Crippen LogP contribution in [-0.4, -0.2) is 17.7 Å². The van der Waals surface area contributed by atoms with Crippen molar-refractivity contribution in [3.8, 4) is 17.2 Å². The van der Waals surface area contributed by atoms with Gasteiger partial charge in [0, 0.05) is 31.3 Å². The maximum atomic E-state index is 9.34. The van der Waals surface area contributed by atoms with Crippen molar-refractivity contribution in [2.75, 3.05) is 7.11 Å². The molecule has 0 bridgehead atoms. The first kappa shape index (κ1) is 22.5. The molecule has 1 heterocycles. The lowest BCUT2D eigenvalue weighted by Crippen LogP contribution is -2.53. The van der Waals surface area contributed by atoms with Crippen LogP contribution in [0.15, 0.2) is 67.0 Å².